The third-order valence-electron chi connectivity index (χ3n) is 1.42. The molecule has 7 nitrogen and oxygen atoms in total. The first-order chi connectivity index (χ1) is 6.84. The Balaban J connectivity index is 4.96. The molecule has 0 heterocycles. The second-order valence-corrected chi connectivity index (χ2v) is 4.04. The molecule has 0 saturated carbocycles. The maximum absolute atomic E-state index is 11.2. The number of aliphatic hydroxyl groups excluding tert-OH is 1. The normalized spacial score (nSPS) is 16.0. The molecular formula is C7H14O7S. The number of ether oxygens (including phenoxy) is 1. The average Bonchev–Trinajstić information content (AvgIpc) is 2.17. The van der Waals surface area contributed by atoms with Crippen LogP contribution in [0.25, 0.3) is 0 Å². The summed E-state index contributed by atoms with van der Waals surface area (Å²) in [5, 5.41) is 16.4. The summed E-state index contributed by atoms with van der Waals surface area (Å²) in [6.45, 7) is 1.25. The number of hydrogen-bond donors (Lipinski definition) is 2. The van der Waals surface area contributed by atoms with Gasteiger partial charge in [0.15, 0.2) is 0 Å². The van der Waals surface area contributed by atoms with Gasteiger partial charge in [0.2, 0.25) is 0 Å². The summed E-state index contributed by atoms with van der Waals surface area (Å²) in [5.74, 6) is -2.76. The van der Waals surface area contributed by atoms with E-state index in [1.165, 1.54) is 13.8 Å². The summed E-state index contributed by atoms with van der Waals surface area (Å²) in [5.41, 5.74) is 0. The van der Waals surface area contributed by atoms with E-state index in [-0.39, 0.29) is 13.2 Å². The fraction of sp³-hybridized carbons (Fsp3) is 0.857. The molecule has 2 N–H and O–H groups in total. The largest absolute Gasteiger partial charge is 0.390 e. The Morgan fingerprint density at radius 3 is 2.20 bits per heavy atom. The monoisotopic (exact) mass is 242 g/mol. The van der Waals surface area contributed by atoms with Gasteiger partial charge in [-0.05, 0) is 13.8 Å². The van der Waals surface area contributed by atoms with Crippen LogP contribution in [0, 0.1) is 0 Å². The van der Waals surface area contributed by atoms with Gasteiger partial charge in [-0.2, -0.15) is 8.42 Å². The first kappa shape index (κ1) is 14.5. The number of aliphatic hydroxyl groups is 2. The maximum Gasteiger partial charge on any atom is 0.337 e. The van der Waals surface area contributed by atoms with Crippen LogP contribution in [0.1, 0.15) is 13.8 Å². The molecule has 0 aromatic carbocycles. The van der Waals surface area contributed by atoms with Crippen molar-refractivity contribution in [2.45, 2.75) is 19.6 Å². The average molecular weight is 242 g/mol. The van der Waals surface area contributed by atoms with E-state index in [9.17, 15) is 18.3 Å². The molecule has 0 saturated heterocycles. The van der Waals surface area contributed by atoms with Gasteiger partial charge < -0.3 is 14.9 Å². The zero-order valence-corrected chi connectivity index (χ0v) is 9.28. The van der Waals surface area contributed by atoms with Gasteiger partial charge >= 0.3 is 15.2 Å². The Morgan fingerprint density at radius 2 is 1.87 bits per heavy atom. The van der Waals surface area contributed by atoms with Crippen molar-refractivity contribution in [2.24, 2.45) is 0 Å². The molecule has 1 atom stereocenters. The van der Waals surface area contributed by atoms with E-state index in [1.807, 2.05) is 0 Å². The quantitative estimate of drug-likeness (QED) is 0.435. The number of carbonyl (C=O) groups is 1. The Hall–Kier alpha value is -0.540. The van der Waals surface area contributed by atoms with Crippen molar-refractivity contribution < 1.29 is 32.3 Å². The van der Waals surface area contributed by atoms with E-state index in [1.54, 1.807) is 0 Å². The molecule has 0 aliphatic carbocycles. The van der Waals surface area contributed by atoms with Crippen molar-refractivity contribution in [1.29, 1.82) is 0 Å². The van der Waals surface area contributed by atoms with Gasteiger partial charge in [-0.3, -0.25) is 8.98 Å². The molecule has 0 spiro atoms. The topological polar surface area (TPSA) is 110 Å². The highest BCUT2D eigenvalue weighted by Crippen LogP contribution is 2.13. The van der Waals surface area contributed by atoms with Gasteiger partial charge in [0.25, 0.3) is 5.79 Å². The molecule has 0 bridgehead atoms. The Kier molecular flexibility index (Phi) is 5.32. The highest BCUT2D eigenvalue weighted by Gasteiger charge is 2.45. The number of hydrogen-bond acceptors (Lipinski definition) is 7. The van der Waals surface area contributed by atoms with Crippen LogP contribution in [0.5, 0.6) is 0 Å². The van der Waals surface area contributed by atoms with Crippen molar-refractivity contribution in [2.75, 3.05) is 19.8 Å². The fourth-order valence-electron chi connectivity index (χ4n) is 0.812. The van der Waals surface area contributed by atoms with Crippen LogP contribution in [0.4, 0.5) is 0 Å². The van der Waals surface area contributed by atoms with Crippen molar-refractivity contribution in [3.05, 3.63) is 0 Å². The van der Waals surface area contributed by atoms with E-state index in [4.69, 9.17) is 5.11 Å². The zero-order chi connectivity index (χ0) is 12.1. The van der Waals surface area contributed by atoms with E-state index in [0.717, 1.165) is 0 Å². The molecule has 0 amide bonds. The summed E-state index contributed by atoms with van der Waals surface area (Å²) < 4.78 is 30.8. The SMILES string of the molecule is CCOC(O)(CO)C(=O)S(=O)(=O)OCC. The molecule has 0 rings (SSSR count). The lowest BCUT2D eigenvalue weighted by Gasteiger charge is -2.22. The zero-order valence-electron chi connectivity index (χ0n) is 8.47. The van der Waals surface area contributed by atoms with Crippen LogP contribution in [-0.4, -0.2) is 49.4 Å². The summed E-state index contributed by atoms with van der Waals surface area (Å²) >= 11 is 0. The van der Waals surface area contributed by atoms with Gasteiger partial charge in [0.05, 0.1) is 6.61 Å². The number of rotatable bonds is 6. The maximum atomic E-state index is 11.2. The smallest absolute Gasteiger partial charge is 0.337 e. The Morgan fingerprint density at radius 1 is 1.33 bits per heavy atom. The lowest BCUT2D eigenvalue weighted by atomic mass is 10.3. The molecule has 90 valence electrons. The molecule has 15 heavy (non-hydrogen) atoms. The predicted molar refractivity (Wildman–Crippen MR) is 49.2 cm³/mol. The first-order valence-corrected chi connectivity index (χ1v) is 5.66. The molecule has 1 unspecified atom stereocenters. The summed E-state index contributed by atoms with van der Waals surface area (Å²) in [6, 6.07) is 0. The first-order valence-electron chi connectivity index (χ1n) is 4.25. The van der Waals surface area contributed by atoms with Crippen molar-refractivity contribution >= 4 is 15.2 Å². The van der Waals surface area contributed by atoms with Gasteiger partial charge in [-0.1, -0.05) is 0 Å². The number of carbonyl (C=O) groups excluding carboxylic acids is 1. The minimum absolute atomic E-state index is 0.134. The standard InChI is InChI=1S/C7H14O7S/c1-3-13-7(10,5-8)6(9)15(11,12)14-4-2/h8,10H,3-5H2,1-2H3. The lowest BCUT2D eigenvalue weighted by molar-refractivity contribution is -0.210. The van der Waals surface area contributed by atoms with Crippen LogP contribution in [0.15, 0.2) is 0 Å². The molecule has 0 aliphatic heterocycles. The van der Waals surface area contributed by atoms with E-state index < -0.39 is 27.6 Å². The highest BCUT2D eigenvalue weighted by atomic mass is 32.2. The minimum atomic E-state index is -4.58. The van der Waals surface area contributed by atoms with Gasteiger partial charge in [-0.25, -0.2) is 0 Å². The van der Waals surface area contributed by atoms with Crippen molar-refractivity contribution in [3.63, 3.8) is 0 Å². The Bertz CT molecular complexity index is 309. The second-order valence-electron chi connectivity index (χ2n) is 2.52. The molecular weight excluding hydrogens is 228 g/mol. The lowest BCUT2D eigenvalue weighted by Crippen LogP contribution is -2.49. The van der Waals surface area contributed by atoms with E-state index in [2.05, 4.69) is 8.92 Å². The van der Waals surface area contributed by atoms with Crippen LogP contribution in [-0.2, 0) is 23.8 Å². The third kappa shape index (κ3) is 3.50. The van der Waals surface area contributed by atoms with Crippen LogP contribution >= 0.6 is 0 Å². The van der Waals surface area contributed by atoms with Crippen LogP contribution in [0.2, 0.25) is 0 Å². The Labute approximate surface area is 87.7 Å². The molecule has 0 aliphatic rings. The third-order valence-corrected chi connectivity index (χ3v) is 2.74. The fourth-order valence-corrected chi connectivity index (χ4v) is 1.74. The summed E-state index contributed by atoms with van der Waals surface area (Å²) in [4.78, 5) is 11.2. The van der Waals surface area contributed by atoms with Crippen LogP contribution in [0.3, 0.4) is 0 Å². The highest BCUT2D eigenvalue weighted by molar-refractivity contribution is 8.02. The molecule has 0 radical (unpaired) electrons. The summed E-state index contributed by atoms with van der Waals surface area (Å²) in [6.07, 6.45) is 0. The molecule has 0 aromatic rings. The van der Waals surface area contributed by atoms with Gasteiger partial charge in [0, 0.05) is 6.61 Å². The molecule has 8 heteroatoms. The van der Waals surface area contributed by atoms with Crippen molar-refractivity contribution in [3.8, 4) is 0 Å². The van der Waals surface area contributed by atoms with E-state index >= 15 is 0 Å². The van der Waals surface area contributed by atoms with Gasteiger partial charge in [0.1, 0.15) is 6.61 Å². The van der Waals surface area contributed by atoms with Crippen molar-refractivity contribution in [1.82, 2.24) is 0 Å². The van der Waals surface area contributed by atoms with E-state index in [0.29, 0.717) is 0 Å². The predicted octanol–water partition coefficient (Wildman–Crippen LogP) is -1.40. The summed E-state index contributed by atoms with van der Waals surface area (Å²) in [7, 11) is -4.58. The molecule has 0 aromatic heterocycles. The van der Waals surface area contributed by atoms with Gasteiger partial charge in [-0.15, -0.1) is 0 Å². The van der Waals surface area contributed by atoms with Crippen LogP contribution < -0.4 is 0 Å². The molecule has 0 fully saturated rings. The second kappa shape index (κ2) is 5.52. The minimum Gasteiger partial charge on any atom is -0.390 e.